The van der Waals surface area contributed by atoms with Crippen molar-refractivity contribution in [2.24, 2.45) is 11.8 Å². The Hall–Kier alpha value is -3.03. The number of nitrogens with one attached hydrogen (secondary N) is 1. The van der Waals surface area contributed by atoms with E-state index in [4.69, 9.17) is 9.47 Å². The third kappa shape index (κ3) is 5.16. The van der Waals surface area contributed by atoms with Crippen LogP contribution in [-0.4, -0.2) is 50.4 Å². The van der Waals surface area contributed by atoms with Crippen molar-refractivity contribution in [3.8, 4) is 6.07 Å². The lowest BCUT2D eigenvalue weighted by molar-refractivity contribution is -0.150. The summed E-state index contributed by atoms with van der Waals surface area (Å²) in [5.74, 6) is -0.00231. The Balaban J connectivity index is 1.47. The van der Waals surface area contributed by atoms with E-state index in [1.54, 1.807) is 12.1 Å². The minimum atomic E-state index is -1.75. The molecule has 0 spiro atoms. The number of fused-ring (bicyclic) bond motifs is 1. The topological polar surface area (TPSA) is 139 Å². The average Bonchev–Trinajstić information content (AvgIpc) is 3.44. The highest BCUT2D eigenvalue weighted by atomic mass is 16.6. The Kier molecular flexibility index (Phi) is 7.67. The molecule has 35 heavy (non-hydrogen) atoms. The summed E-state index contributed by atoms with van der Waals surface area (Å²) in [5.41, 5.74) is -0.998. The molecule has 1 radical (unpaired) electrons. The Morgan fingerprint density at radius 3 is 2.86 bits per heavy atom. The highest BCUT2D eigenvalue weighted by Gasteiger charge is 2.52. The van der Waals surface area contributed by atoms with Gasteiger partial charge in [-0.1, -0.05) is 33.1 Å². The van der Waals surface area contributed by atoms with Crippen LogP contribution in [0.25, 0.3) is 5.52 Å². The predicted octanol–water partition coefficient (Wildman–Crippen LogP) is 2.91. The lowest BCUT2D eigenvalue weighted by Gasteiger charge is -2.24. The van der Waals surface area contributed by atoms with Gasteiger partial charge in [0.1, 0.15) is 36.7 Å². The highest BCUT2D eigenvalue weighted by molar-refractivity contribution is 5.94. The molecule has 1 aliphatic heterocycles. The first-order valence-corrected chi connectivity index (χ1v) is 12.3. The van der Waals surface area contributed by atoms with Crippen molar-refractivity contribution >= 4 is 23.2 Å². The second-order valence-corrected chi connectivity index (χ2v) is 9.46. The second kappa shape index (κ2) is 10.7. The van der Waals surface area contributed by atoms with Crippen LogP contribution in [0.15, 0.2) is 18.5 Å². The molecule has 0 aromatic carbocycles. The molecule has 2 aliphatic rings. The normalized spacial score (nSPS) is 25.8. The first-order chi connectivity index (χ1) is 16.9. The smallest absolute Gasteiger partial charge is 0.306 e. The van der Waals surface area contributed by atoms with Crippen molar-refractivity contribution in [2.45, 2.75) is 76.6 Å². The number of carbonyl (C=O) groups excluding carboxylic acids is 2. The van der Waals surface area contributed by atoms with Gasteiger partial charge < -0.3 is 19.9 Å². The first kappa shape index (κ1) is 25.1. The van der Waals surface area contributed by atoms with Crippen molar-refractivity contribution in [3.63, 3.8) is 0 Å². The summed E-state index contributed by atoms with van der Waals surface area (Å²) in [6.07, 6.45) is 7.35. The van der Waals surface area contributed by atoms with E-state index in [1.165, 1.54) is 23.7 Å². The van der Waals surface area contributed by atoms with Crippen LogP contribution in [0.5, 0.6) is 0 Å². The van der Waals surface area contributed by atoms with Crippen LogP contribution < -0.4 is 5.32 Å². The second-order valence-electron chi connectivity index (χ2n) is 9.46. The number of nitriles is 1. The van der Waals surface area contributed by atoms with Crippen molar-refractivity contribution < 1.29 is 24.2 Å². The van der Waals surface area contributed by atoms with Crippen LogP contribution in [0.2, 0.25) is 0 Å². The van der Waals surface area contributed by atoms with Crippen LogP contribution >= 0.6 is 0 Å². The molecule has 4 rings (SSSR count). The minimum Gasteiger partial charge on any atom is -0.463 e. The Labute approximate surface area is 204 Å². The largest absolute Gasteiger partial charge is 0.463 e. The number of aliphatic hydroxyl groups excluding tert-OH is 1. The van der Waals surface area contributed by atoms with Gasteiger partial charge in [0.15, 0.2) is 5.82 Å². The molecule has 10 nitrogen and oxygen atoms in total. The molecule has 2 aromatic rings. The molecule has 0 unspecified atom stereocenters. The average molecular weight is 483 g/mol. The molecule has 2 aromatic heterocycles. The number of hydrogen-bond acceptors (Lipinski definition) is 8. The summed E-state index contributed by atoms with van der Waals surface area (Å²) >= 11 is 0. The van der Waals surface area contributed by atoms with Crippen LogP contribution in [0.3, 0.4) is 0 Å². The zero-order valence-electron chi connectivity index (χ0n) is 20.1. The number of esters is 1. The molecule has 1 saturated heterocycles. The van der Waals surface area contributed by atoms with Crippen LogP contribution in [0.4, 0.5) is 5.82 Å². The summed E-state index contributed by atoms with van der Waals surface area (Å²) in [6.45, 7) is 3.66. The summed E-state index contributed by atoms with van der Waals surface area (Å²) in [6, 6.07) is 5.35. The van der Waals surface area contributed by atoms with Crippen molar-refractivity contribution in [1.29, 1.82) is 5.26 Å². The lowest BCUT2D eigenvalue weighted by atomic mass is 9.87. The Morgan fingerprint density at radius 2 is 2.14 bits per heavy atom. The molecule has 1 saturated carbocycles. The number of anilines is 1. The molecular weight excluding hydrogens is 450 g/mol. The van der Waals surface area contributed by atoms with Gasteiger partial charge in [0.05, 0.1) is 5.69 Å². The fraction of sp³-hybridized carbons (Fsp3) is 0.600. The number of aliphatic hydroxyl groups is 1. The van der Waals surface area contributed by atoms with Crippen LogP contribution in [0, 0.1) is 29.6 Å². The summed E-state index contributed by atoms with van der Waals surface area (Å²) < 4.78 is 12.8. The Morgan fingerprint density at radius 1 is 1.37 bits per heavy atom. The van der Waals surface area contributed by atoms with Gasteiger partial charge in [-0.2, -0.15) is 10.4 Å². The van der Waals surface area contributed by atoms with E-state index in [9.17, 15) is 20.0 Å². The fourth-order valence-electron chi connectivity index (χ4n) is 4.74. The van der Waals surface area contributed by atoms with E-state index in [-0.39, 0.29) is 30.1 Å². The van der Waals surface area contributed by atoms with Gasteiger partial charge >= 0.3 is 5.97 Å². The van der Waals surface area contributed by atoms with E-state index in [1.807, 2.05) is 13.8 Å². The number of amides is 1. The standard InChI is InChI=1S/C25H32N5O5/c1-3-16(2)24(33)29-23-19-9-10-20(30(19)28-15-27-23)25(14-26)21(31)12-18(35-25)13-34-22(32)11-17-7-5-4-6-8-17/h9-10,12,15-18,21,31H,3-8,11,13H2,1-2H3,(H,27,28,29,33)/t16-,18+,21+,25-/m0/s1. The third-order valence-corrected chi connectivity index (χ3v) is 7.04. The van der Waals surface area contributed by atoms with Gasteiger partial charge in [0, 0.05) is 18.8 Å². The number of carbonyl (C=O) groups is 2. The van der Waals surface area contributed by atoms with E-state index >= 15 is 0 Å². The van der Waals surface area contributed by atoms with Gasteiger partial charge in [0.2, 0.25) is 11.5 Å². The maximum atomic E-state index is 12.4. The van der Waals surface area contributed by atoms with Crippen molar-refractivity contribution in [3.05, 3.63) is 30.6 Å². The quantitative estimate of drug-likeness (QED) is 0.548. The zero-order valence-corrected chi connectivity index (χ0v) is 20.1. The van der Waals surface area contributed by atoms with E-state index < -0.39 is 17.8 Å². The van der Waals surface area contributed by atoms with Gasteiger partial charge in [-0.3, -0.25) is 9.59 Å². The first-order valence-electron chi connectivity index (χ1n) is 12.3. The SMILES string of the molecule is CC[C@H](C)C(=O)Nc1ncnn2c([C@]3(C#N)O[C@@H](COC(=O)CC4CCCCC4)[CH][C@H]3O)ccc12. The predicted molar refractivity (Wildman–Crippen MR) is 126 cm³/mol. The van der Waals surface area contributed by atoms with E-state index in [0.29, 0.717) is 30.1 Å². The van der Waals surface area contributed by atoms with E-state index in [0.717, 1.165) is 25.7 Å². The van der Waals surface area contributed by atoms with Gasteiger partial charge in [-0.25, -0.2) is 9.50 Å². The van der Waals surface area contributed by atoms with Gasteiger partial charge in [-0.05, 0) is 37.3 Å². The van der Waals surface area contributed by atoms with Crippen molar-refractivity contribution in [2.75, 3.05) is 11.9 Å². The molecular formula is C25H32N5O5. The molecule has 2 fully saturated rings. The molecule has 0 bridgehead atoms. The monoisotopic (exact) mass is 482 g/mol. The van der Waals surface area contributed by atoms with Gasteiger partial charge in [-0.15, -0.1) is 0 Å². The molecule has 187 valence electrons. The lowest BCUT2D eigenvalue weighted by Crippen LogP contribution is -2.37. The third-order valence-electron chi connectivity index (χ3n) is 7.04. The number of rotatable bonds is 8. The molecule has 4 atom stereocenters. The highest BCUT2D eigenvalue weighted by Crippen LogP contribution is 2.40. The maximum Gasteiger partial charge on any atom is 0.306 e. The zero-order chi connectivity index (χ0) is 25.0. The number of hydrogen-bond donors (Lipinski definition) is 2. The van der Waals surface area contributed by atoms with E-state index in [2.05, 4.69) is 21.5 Å². The molecule has 1 aliphatic carbocycles. The van der Waals surface area contributed by atoms with Crippen LogP contribution in [-0.2, 0) is 24.7 Å². The summed E-state index contributed by atoms with van der Waals surface area (Å²) in [4.78, 5) is 28.8. The Bertz CT molecular complexity index is 1110. The molecule has 3 heterocycles. The number of aromatic nitrogens is 3. The maximum absolute atomic E-state index is 12.4. The molecule has 2 N–H and O–H groups in total. The number of ether oxygens (including phenoxy) is 2. The summed E-state index contributed by atoms with van der Waals surface area (Å²) in [5, 5.41) is 27.9. The minimum absolute atomic E-state index is 0.0828. The summed E-state index contributed by atoms with van der Waals surface area (Å²) in [7, 11) is 0. The van der Waals surface area contributed by atoms with Crippen molar-refractivity contribution in [1.82, 2.24) is 14.6 Å². The molecule has 1 amide bonds. The van der Waals surface area contributed by atoms with Gasteiger partial charge in [0.25, 0.3) is 0 Å². The fourth-order valence-corrected chi connectivity index (χ4v) is 4.74. The molecule has 10 heteroatoms. The number of nitrogens with zero attached hydrogens (tertiary/aromatic N) is 4. The van der Waals surface area contributed by atoms with Crippen LogP contribution in [0.1, 0.15) is 64.5 Å².